The summed E-state index contributed by atoms with van der Waals surface area (Å²) in [6, 6.07) is 25.7. The van der Waals surface area contributed by atoms with Gasteiger partial charge in [0.1, 0.15) is 35.1 Å². The lowest BCUT2D eigenvalue weighted by molar-refractivity contribution is -0.123. The summed E-state index contributed by atoms with van der Waals surface area (Å²) in [6.45, 7) is 0. The first-order chi connectivity index (χ1) is 20.4. The summed E-state index contributed by atoms with van der Waals surface area (Å²) in [5.74, 6) is 1.38. The molecule has 0 radical (unpaired) electrons. The van der Waals surface area contributed by atoms with Gasteiger partial charge in [-0.1, -0.05) is 60.7 Å². The molecule has 7 rings (SSSR count). The highest BCUT2D eigenvalue weighted by Crippen LogP contribution is 2.47. The van der Waals surface area contributed by atoms with Crippen LogP contribution in [-0.2, 0) is 25.7 Å². The summed E-state index contributed by atoms with van der Waals surface area (Å²) in [5, 5.41) is 22.3. The van der Waals surface area contributed by atoms with Crippen molar-refractivity contribution < 1.29 is 28.5 Å². The van der Waals surface area contributed by atoms with Crippen molar-refractivity contribution in [1.29, 1.82) is 0 Å². The van der Waals surface area contributed by atoms with Gasteiger partial charge in [-0.2, -0.15) is 0 Å². The van der Waals surface area contributed by atoms with Gasteiger partial charge in [0.15, 0.2) is 34.6 Å². The number of ether oxygens (including phenoxy) is 2. The van der Waals surface area contributed by atoms with Crippen molar-refractivity contribution in [3.8, 4) is 11.5 Å². The minimum Gasteiger partial charge on any atom is -0.479 e. The molecular weight excluding hydrogens is 536 g/mol. The smallest absolute Gasteiger partial charge is 0.193 e. The average Bonchev–Trinajstić information content (AvgIpc) is 3.01. The van der Waals surface area contributed by atoms with Crippen molar-refractivity contribution in [2.45, 2.75) is 50.1 Å². The highest BCUT2D eigenvalue weighted by molar-refractivity contribution is 5.81. The lowest BCUT2D eigenvalue weighted by Gasteiger charge is -2.41. The second kappa shape index (κ2) is 10.6. The summed E-state index contributed by atoms with van der Waals surface area (Å²) in [7, 11) is 0. The van der Waals surface area contributed by atoms with Crippen LogP contribution in [0.3, 0.4) is 0 Å². The Morgan fingerprint density at radius 1 is 0.643 bits per heavy atom. The Morgan fingerprint density at radius 2 is 1.24 bits per heavy atom. The quantitative estimate of drug-likeness (QED) is 0.307. The van der Waals surface area contributed by atoms with E-state index in [0.29, 0.717) is 48.2 Å². The van der Waals surface area contributed by atoms with Crippen molar-refractivity contribution in [2.24, 2.45) is 0 Å². The van der Waals surface area contributed by atoms with Gasteiger partial charge in [-0.15, -0.1) is 0 Å². The van der Waals surface area contributed by atoms with Gasteiger partial charge >= 0.3 is 0 Å². The summed E-state index contributed by atoms with van der Waals surface area (Å²) < 4.78 is 24.3. The summed E-state index contributed by atoms with van der Waals surface area (Å²) in [4.78, 5) is 26.4. The number of aryl methyl sites for hydroxylation is 4. The van der Waals surface area contributed by atoms with Crippen molar-refractivity contribution >= 4 is 11.0 Å². The van der Waals surface area contributed by atoms with Crippen LogP contribution in [0.1, 0.15) is 46.2 Å². The van der Waals surface area contributed by atoms with E-state index in [4.69, 9.17) is 18.3 Å². The van der Waals surface area contributed by atoms with E-state index in [0.717, 1.165) is 11.1 Å². The second-order valence-electron chi connectivity index (χ2n) is 10.8. The Balaban J connectivity index is 1.19. The fourth-order valence-corrected chi connectivity index (χ4v) is 5.76. The molecule has 5 aromatic rings. The molecule has 8 heteroatoms. The normalized spacial score (nSPS) is 20.6. The number of hydrogen-bond donors (Lipinski definition) is 2. The minimum absolute atomic E-state index is 0.0327. The van der Waals surface area contributed by atoms with Gasteiger partial charge in [0.25, 0.3) is 0 Å². The highest BCUT2D eigenvalue weighted by Gasteiger charge is 2.50. The molecule has 42 heavy (non-hydrogen) atoms. The van der Waals surface area contributed by atoms with Crippen LogP contribution in [-0.4, -0.2) is 22.4 Å². The van der Waals surface area contributed by atoms with Gasteiger partial charge < -0.3 is 28.5 Å². The predicted octanol–water partition coefficient (Wildman–Crippen LogP) is 4.61. The summed E-state index contributed by atoms with van der Waals surface area (Å²) >= 11 is 0. The molecule has 0 saturated carbocycles. The molecule has 0 fully saturated rings. The fraction of sp³-hybridized carbons (Fsp3) is 0.235. The van der Waals surface area contributed by atoms with Crippen molar-refractivity contribution in [3.05, 3.63) is 139 Å². The zero-order chi connectivity index (χ0) is 28.8. The van der Waals surface area contributed by atoms with Crippen molar-refractivity contribution in [2.75, 3.05) is 0 Å². The molecular formula is C34H28O8. The van der Waals surface area contributed by atoms with E-state index in [1.807, 2.05) is 60.7 Å². The Kier molecular flexibility index (Phi) is 6.64. The van der Waals surface area contributed by atoms with E-state index in [9.17, 15) is 19.8 Å². The van der Waals surface area contributed by atoms with Crippen LogP contribution in [0, 0.1) is 0 Å². The maximum absolute atomic E-state index is 13.3. The first-order valence-corrected chi connectivity index (χ1v) is 14.0. The van der Waals surface area contributed by atoms with Gasteiger partial charge in [0, 0.05) is 31.0 Å². The van der Waals surface area contributed by atoms with Crippen LogP contribution in [0.25, 0.3) is 11.0 Å². The zero-order valence-corrected chi connectivity index (χ0v) is 22.6. The van der Waals surface area contributed by atoms with E-state index in [-0.39, 0.29) is 33.7 Å². The molecule has 4 atom stereocenters. The molecule has 1 aliphatic heterocycles. The van der Waals surface area contributed by atoms with Crippen LogP contribution in [0.4, 0.5) is 0 Å². The third kappa shape index (κ3) is 4.78. The Labute approximate surface area is 240 Å². The highest BCUT2D eigenvalue weighted by atomic mass is 16.6. The third-order valence-electron chi connectivity index (χ3n) is 7.94. The standard InChI is InChI=1S/C34H28O8/c35-24-15-21(13-11-19-7-3-1-4-8-19)39-26-18-28-27(17-23(24)26)41-33-29-25(36)16-22(14-12-20-9-5-2-6-10-20)40-32(29)30(37)31(38)34(33)42-28/h1-10,15-18,30-31,33-34,37-38H,11-14H2/t30?,31-,33?,34-/m0/s1. The fourth-order valence-electron chi connectivity index (χ4n) is 5.76. The topological polar surface area (TPSA) is 119 Å². The monoisotopic (exact) mass is 564 g/mol. The number of aliphatic hydroxyl groups is 2. The molecule has 2 aliphatic rings. The number of aliphatic hydroxyl groups excluding tert-OH is 2. The number of fused-ring (bicyclic) bond motifs is 5. The molecule has 0 saturated heterocycles. The Morgan fingerprint density at radius 3 is 1.90 bits per heavy atom. The van der Waals surface area contributed by atoms with Crippen molar-refractivity contribution in [1.82, 2.24) is 0 Å². The first kappa shape index (κ1) is 26.3. The maximum atomic E-state index is 13.3. The molecule has 0 bridgehead atoms. The number of rotatable bonds is 6. The Hall–Kier alpha value is -4.66. The summed E-state index contributed by atoms with van der Waals surface area (Å²) in [6.07, 6.45) is -2.70. The minimum atomic E-state index is -1.49. The van der Waals surface area contributed by atoms with Crippen LogP contribution >= 0.6 is 0 Å². The molecule has 2 aromatic heterocycles. The maximum Gasteiger partial charge on any atom is 0.193 e. The molecule has 1 aliphatic carbocycles. The van der Waals surface area contributed by atoms with E-state index in [2.05, 4.69) is 0 Å². The van der Waals surface area contributed by atoms with Gasteiger partial charge in [-0.05, 0) is 30.0 Å². The van der Waals surface area contributed by atoms with E-state index >= 15 is 0 Å². The SMILES string of the molecule is O=c1cc(CCc2ccccc2)oc2c1C1Oc3cc4c(=O)cc(CCc5ccccc5)oc4cc3O[C@H]1[C@@H](O)C2O. The van der Waals surface area contributed by atoms with Crippen LogP contribution in [0.5, 0.6) is 11.5 Å². The molecule has 2 N–H and O–H groups in total. The van der Waals surface area contributed by atoms with Gasteiger partial charge in [0.2, 0.25) is 0 Å². The van der Waals surface area contributed by atoms with E-state index < -0.39 is 24.4 Å². The molecule has 2 unspecified atom stereocenters. The predicted molar refractivity (Wildman–Crippen MR) is 154 cm³/mol. The molecule has 3 aromatic carbocycles. The Bertz CT molecular complexity index is 1880. The van der Waals surface area contributed by atoms with Gasteiger partial charge in [0.05, 0.1) is 10.9 Å². The number of hydrogen-bond acceptors (Lipinski definition) is 8. The molecule has 212 valence electrons. The van der Waals surface area contributed by atoms with Crippen LogP contribution < -0.4 is 20.3 Å². The molecule has 8 nitrogen and oxygen atoms in total. The van der Waals surface area contributed by atoms with Crippen LogP contribution in [0.2, 0.25) is 0 Å². The molecule has 0 amide bonds. The van der Waals surface area contributed by atoms with Gasteiger partial charge in [-0.3, -0.25) is 9.59 Å². The van der Waals surface area contributed by atoms with Gasteiger partial charge in [-0.25, -0.2) is 0 Å². The molecule has 0 spiro atoms. The number of benzene rings is 3. The third-order valence-corrected chi connectivity index (χ3v) is 7.94. The average molecular weight is 565 g/mol. The zero-order valence-electron chi connectivity index (χ0n) is 22.6. The largest absolute Gasteiger partial charge is 0.479 e. The lowest BCUT2D eigenvalue weighted by Crippen LogP contribution is -2.50. The lowest BCUT2D eigenvalue weighted by atomic mass is 9.86. The van der Waals surface area contributed by atoms with Crippen molar-refractivity contribution in [3.63, 3.8) is 0 Å². The first-order valence-electron chi connectivity index (χ1n) is 14.0. The summed E-state index contributed by atoms with van der Waals surface area (Å²) in [5.41, 5.74) is 2.02. The van der Waals surface area contributed by atoms with Crippen LogP contribution in [0.15, 0.2) is 103 Å². The molecule has 3 heterocycles. The van der Waals surface area contributed by atoms with E-state index in [1.54, 1.807) is 6.07 Å². The second-order valence-corrected chi connectivity index (χ2v) is 10.8. The van der Waals surface area contributed by atoms with E-state index in [1.165, 1.54) is 18.2 Å².